The summed E-state index contributed by atoms with van der Waals surface area (Å²) in [7, 11) is 0. The maximum absolute atomic E-state index is 10.0. The van der Waals surface area contributed by atoms with Gasteiger partial charge < -0.3 is 10.8 Å². The van der Waals surface area contributed by atoms with Gasteiger partial charge >= 0.3 is 0 Å². The molecule has 0 aliphatic heterocycles. The molecule has 0 saturated heterocycles. The van der Waals surface area contributed by atoms with Crippen molar-refractivity contribution in [2.24, 2.45) is 5.73 Å². The summed E-state index contributed by atoms with van der Waals surface area (Å²) < 4.78 is 0.883. The normalized spacial score (nSPS) is 16.5. The van der Waals surface area contributed by atoms with E-state index in [0.717, 1.165) is 29.3 Å². The number of halogens is 1. The fourth-order valence-corrected chi connectivity index (χ4v) is 2.95. The highest BCUT2D eigenvalue weighted by molar-refractivity contribution is 9.10. The van der Waals surface area contributed by atoms with Gasteiger partial charge in [-0.3, -0.25) is 0 Å². The summed E-state index contributed by atoms with van der Waals surface area (Å²) in [6, 6.07) is 2.20. The van der Waals surface area contributed by atoms with Gasteiger partial charge in [-0.2, -0.15) is 0 Å². The molecule has 82 valence electrons. The second-order valence-corrected chi connectivity index (χ2v) is 5.16. The number of hydrogen-bond donors (Lipinski definition) is 2. The second-order valence-electron chi connectivity index (χ2n) is 4.37. The predicted octanol–water partition coefficient (Wildman–Crippen LogP) is 2.53. The molecule has 0 aromatic heterocycles. The van der Waals surface area contributed by atoms with Crippen molar-refractivity contribution in [3.05, 3.63) is 27.2 Å². The van der Waals surface area contributed by atoms with E-state index in [0.29, 0.717) is 5.75 Å². The highest BCUT2D eigenvalue weighted by Gasteiger charge is 2.19. The highest BCUT2D eigenvalue weighted by Crippen LogP contribution is 2.38. The van der Waals surface area contributed by atoms with Crippen LogP contribution in [-0.2, 0) is 19.3 Å². The lowest BCUT2D eigenvalue weighted by molar-refractivity contribution is 0.461. The number of aromatic hydroxyl groups is 1. The Labute approximate surface area is 98.6 Å². The van der Waals surface area contributed by atoms with Gasteiger partial charge in [0, 0.05) is 6.04 Å². The molecule has 1 aromatic rings. The number of nitrogens with two attached hydrogens (primary N) is 1. The molecule has 0 saturated carbocycles. The average Bonchev–Trinajstić information content (AvgIpc) is 2.61. The van der Waals surface area contributed by atoms with Gasteiger partial charge in [0.2, 0.25) is 0 Å². The molecule has 3 heteroatoms. The summed E-state index contributed by atoms with van der Waals surface area (Å²) in [5.74, 6) is 0.382. The molecular weight excluding hydrogens is 254 g/mol. The van der Waals surface area contributed by atoms with Crippen molar-refractivity contribution >= 4 is 15.9 Å². The van der Waals surface area contributed by atoms with Crippen LogP contribution in [0.25, 0.3) is 0 Å². The first-order chi connectivity index (χ1) is 7.09. The van der Waals surface area contributed by atoms with Gasteiger partial charge in [-0.25, -0.2) is 0 Å². The van der Waals surface area contributed by atoms with Crippen molar-refractivity contribution in [3.63, 3.8) is 0 Å². The van der Waals surface area contributed by atoms with E-state index < -0.39 is 0 Å². The number of phenolic OH excluding ortho intramolecular Hbond substituents is 1. The molecule has 0 bridgehead atoms. The number of fused-ring (bicyclic) bond motifs is 1. The van der Waals surface area contributed by atoms with E-state index >= 15 is 0 Å². The van der Waals surface area contributed by atoms with Crippen molar-refractivity contribution in [1.29, 1.82) is 0 Å². The molecule has 1 aromatic carbocycles. The van der Waals surface area contributed by atoms with E-state index in [9.17, 15) is 5.11 Å². The standard InChI is InChI=1S/C12H16BrNO/c1-7(14)5-9-6-8-3-2-4-10(8)11(13)12(9)15/h6-7,15H,2-5,14H2,1H3. The third-order valence-electron chi connectivity index (χ3n) is 2.93. The van der Waals surface area contributed by atoms with Crippen LogP contribution in [0.15, 0.2) is 10.5 Å². The molecule has 0 heterocycles. The quantitative estimate of drug-likeness (QED) is 0.867. The Balaban J connectivity index is 2.44. The third-order valence-corrected chi connectivity index (χ3v) is 3.78. The van der Waals surface area contributed by atoms with E-state index in [1.54, 1.807) is 0 Å². The minimum absolute atomic E-state index is 0.0854. The molecular formula is C12H16BrNO. The first-order valence-electron chi connectivity index (χ1n) is 5.37. The minimum Gasteiger partial charge on any atom is -0.506 e. The lowest BCUT2D eigenvalue weighted by Gasteiger charge is -2.12. The Morgan fingerprint density at radius 3 is 2.93 bits per heavy atom. The van der Waals surface area contributed by atoms with Gasteiger partial charge in [-0.1, -0.05) is 6.07 Å². The molecule has 1 aliphatic carbocycles. The molecule has 0 fully saturated rings. The number of phenols is 1. The van der Waals surface area contributed by atoms with Crippen LogP contribution >= 0.6 is 15.9 Å². The number of hydrogen-bond acceptors (Lipinski definition) is 2. The Morgan fingerprint density at radius 1 is 1.53 bits per heavy atom. The van der Waals surface area contributed by atoms with E-state index in [4.69, 9.17) is 5.73 Å². The van der Waals surface area contributed by atoms with E-state index in [2.05, 4.69) is 22.0 Å². The molecule has 1 atom stereocenters. The lowest BCUT2D eigenvalue weighted by Crippen LogP contribution is -2.18. The van der Waals surface area contributed by atoms with Crippen LogP contribution in [0.2, 0.25) is 0 Å². The van der Waals surface area contributed by atoms with Crippen LogP contribution in [0, 0.1) is 0 Å². The van der Waals surface area contributed by atoms with Crippen LogP contribution in [0.4, 0.5) is 0 Å². The topological polar surface area (TPSA) is 46.2 Å². The SMILES string of the molecule is CC(N)Cc1cc2c(c(Br)c1O)CCC2. The third kappa shape index (κ3) is 2.04. The average molecular weight is 270 g/mol. The first kappa shape index (κ1) is 11.0. The van der Waals surface area contributed by atoms with Gasteiger partial charge in [-0.15, -0.1) is 0 Å². The number of rotatable bonds is 2. The lowest BCUT2D eigenvalue weighted by atomic mass is 10.0. The molecule has 0 amide bonds. The van der Waals surface area contributed by atoms with Crippen molar-refractivity contribution in [2.45, 2.75) is 38.6 Å². The van der Waals surface area contributed by atoms with Crippen LogP contribution < -0.4 is 5.73 Å². The van der Waals surface area contributed by atoms with Crippen molar-refractivity contribution < 1.29 is 5.11 Å². The molecule has 0 radical (unpaired) electrons. The fourth-order valence-electron chi connectivity index (χ4n) is 2.24. The smallest absolute Gasteiger partial charge is 0.133 e. The summed E-state index contributed by atoms with van der Waals surface area (Å²) in [5, 5.41) is 10.0. The van der Waals surface area contributed by atoms with Gasteiger partial charge in [0.1, 0.15) is 5.75 Å². The van der Waals surface area contributed by atoms with Crippen LogP contribution in [0.1, 0.15) is 30.0 Å². The highest BCUT2D eigenvalue weighted by atomic mass is 79.9. The van der Waals surface area contributed by atoms with Crippen LogP contribution in [0.5, 0.6) is 5.75 Å². The molecule has 15 heavy (non-hydrogen) atoms. The summed E-state index contributed by atoms with van der Waals surface area (Å²) in [5.41, 5.74) is 9.38. The summed E-state index contributed by atoms with van der Waals surface area (Å²) in [4.78, 5) is 0. The van der Waals surface area contributed by atoms with Crippen molar-refractivity contribution in [3.8, 4) is 5.75 Å². The summed E-state index contributed by atoms with van der Waals surface area (Å²) in [6.45, 7) is 1.96. The zero-order chi connectivity index (χ0) is 11.0. The van der Waals surface area contributed by atoms with Gasteiger partial charge in [0.05, 0.1) is 4.47 Å². The molecule has 2 rings (SSSR count). The molecule has 1 aliphatic rings. The van der Waals surface area contributed by atoms with Crippen molar-refractivity contribution in [2.75, 3.05) is 0 Å². The van der Waals surface area contributed by atoms with Crippen molar-refractivity contribution in [1.82, 2.24) is 0 Å². The van der Waals surface area contributed by atoms with Gasteiger partial charge in [-0.05, 0) is 65.2 Å². The second kappa shape index (κ2) is 4.14. The maximum atomic E-state index is 10.0. The van der Waals surface area contributed by atoms with E-state index in [-0.39, 0.29) is 6.04 Å². The zero-order valence-corrected chi connectivity index (χ0v) is 10.5. The Hall–Kier alpha value is -0.540. The molecule has 0 spiro atoms. The minimum atomic E-state index is 0.0854. The maximum Gasteiger partial charge on any atom is 0.133 e. The van der Waals surface area contributed by atoms with E-state index in [1.165, 1.54) is 17.5 Å². The fraction of sp³-hybridized carbons (Fsp3) is 0.500. The number of aryl methyl sites for hydroxylation is 1. The van der Waals surface area contributed by atoms with E-state index in [1.807, 2.05) is 6.92 Å². The zero-order valence-electron chi connectivity index (χ0n) is 8.89. The number of benzene rings is 1. The molecule has 2 nitrogen and oxygen atoms in total. The Kier molecular flexibility index (Phi) is 3.03. The summed E-state index contributed by atoms with van der Waals surface area (Å²) in [6.07, 6.45) is 4.12. The Morgan fingerprint density at radius 2 is 2.27 bits per heavy atom. The van der Waals surface area contributed by atoms with Gasteiger partial charge in [0.25, 0.3) is 0 Å². The first-order valence-corrected chi connectivity index (χ1v) is 6.16. The van der Waals surface area contributed by atoms with Gasteiger partial charge in [0.15, 0.2) is 0 Å². The predicted molar refractivity (Wildman–Crippen MR) is 65.2 cm³/mol. The van der Waals surface area contributed by atoms with Crippen LogP contribution in [0.3, 0.4) is 0 Å². The Bertz CT molecular complexity index is 388. The molecule has 1 unspecified atom stereocenters. The summed E-state index contributed by atoms with van der Waals surface area (Å²) >= 11 is 3.48. The monoisotopic (exact) mass is 269 g/mol. The largest absolute Gasteiger partial charge is 0.506 e. The van der Waals surface area contributed by atoms with Crippen LogP contribution in [-0.4, -0.2) is 11.1 Å². The molecule has 3 N–H and O–H groups in total.